The first kappa shape index (κ1) is 14.4. The van der Waals surface area contributed by atoms with Crippen LogP contribution in [0.25, 0.3) is 0 Å². The molecule has 0 saturated heterocycles. The Bertz CT molecular complexity index is 196. The zero-order chi connectivity index (χ0) is 12.7. The largest absolute Gasteiger partial charge is 0.453 e. The Hall–Kier alpha value is -0.630. The lowest BCUT2D eigenvalue weighted by Crippen LogP contribution is -2.48. The molecule has 0 aromatic rings. The Morgan fingerprint density at radius 2 is 1.00 bits per heavy atom. The second kappa shape index (κ2) is 3.44. The van der Waals surface area contributed by atoms with Gasteiger partial charge in [0, 0.05) is 6.92 Å². The van der Waals surface area contributed by atoms with Crippen LogP contribution in [0, 0.1) is 0 Å². The van der Waals surface area contributed by atoms with Crippen molar-refractivity contribution in [3.63, 3.8) is 0 Å². The second-order valence-corrected chi connectivity index (χ2v) is 2.97. The number of rotatable bonds is 3. The van der Waals surface area contributed by atoms with Gasteiger partial charge in [0.25, 0.3) is 0 Å². The van der Waals surface area contributed by atoms with E-state index in [0.29, 0.717) is 0 Å². The molecule has 0 atom stereocenters. The minimum absolute atomic E-state index is 0.431. The highest BCUT2D eigenvalue weighted by atomic mass is 19.4. The van der Waals surface area contributed by atoms with Crippen molar-refractivity contribution in [3.8, 4) is 0 Å². The predicted molar refractivity (Wildman–Crippen MR) is 31.2 cm³/mol. The van der Waals surface area contributed by atoms with Gasteiger partial charge in [-0.1, -0.05) is 0 Å². The normalized spacial score (nSPS) is 15.6. The summed E-state index contributed by atoms with van der Waals surface area (Å²) in [4.78, 5) is 0. The molecule has 0 aromatic carbocycles. The molecule has 0 radical (unpaired) electrons. The molecule has 0 amide bonds. The van der Waals surface area contributed by atoms with Crippen LogP contribution in [0.1, 0.15) is 13.3 Å². The molecule has 0 unspecified atom stereocenters. The maximum absolute atomic E-state index is 12.2. The van der Waals surface area contributed by atoms with E-state index in [1.54, 1.807) is 0 Å². The van der Waals surface area contributed by atoms with Gasteiger partial charge in [-0.3, -0.25) is 0 Å². The van der Waals surface area contributed by atoms with Crippen molar-refractivity contribution >= 4 is 0 Å². The smallest absolute Gasteiger partial charge is 0.200 e. The average Bonchev–Trinajstić information content (AvgIpc) is 1.77. The highest BCUT2D eigenvalue weighted by Crippen LogP contribution is 2.47. The van der Waals surface area contributed by atoms with Crippen molar-refractivity contribution in [3.05, 3.63) is 0 Å². The maximum atomic E-state index is 12.2. The summed E-state index contributed by atoms with van der Waals surface area (Å²) in [5.74, 6) is -16.2. The molecule has 92 valence electrons. The van der Waals surface area contributed by atoms with Crippen LogP contribution >= 0.6 is 0 Å². The van der Waals surface area contributed by atoms with Crippen LogP contribution in [0.2, 0.25) is 0 Å². The van der Waals surface area contributed by atoms with Gasteiger partial charge >= 0.3 is 23.9 Å². The van der Waals surface area contributed by atoms with E-state index in [1.165, 1.54) is 0 Å². The van der Waals surface area contributed by atoms with Crippen LogP contribution in [-0.4, -0.2) is 23.9 Å². The van der Waals surface area contributed by atoms with Crippen LogP contribution in [0.3, 0.4) is 0 Å². The molecular formula is C6H5F9. The van der Waals surface area contributed by atoms with Gasteiger partial charge in [0.2, 0.25) is 0 Å². The highest BCUT2D eigenvalue weighted by molar-refractivity contribution is 4.89. The summed E-state index contributed by atoms with van der Waals surface area (Å²) < 4.78 is 107. The van der Waals surface area contributed by atoms with Crippen LogP contribution < -0.4 is 0 Å². The molecule has 0 nitrogen and oxygen atoms in total. The zero-order valence-corrected chi connectivity index (χ0v) is 7.11. The Kier molecular flexibility index (Phi) is 3.30. The van der Waals surface area contributed by atoms with Crippen LogP contribution in [-0.2, 0) is 0 Å². The van der Waals surface area contributed by atoms with Gasteiger partial charge in [-0.05, 0) is 0 Å². The molecule has 0 N–H and O–H groups in total. The third kappa shape index (κ3) is 3.16. The SMILES string of the molecule is CC(F)(F)C(F)(F)CC(F)(F)C(F)(F)F. The van der Waals surface area contributed by atoms with Gasteiger partial charge in [0.1, 0.15) is 0 Å². The number of hydrogen-bond acceptors (Lipinski definition) is 0. The fraction of sp³-hybridized carbons (Fsp3) is 1.00. The predicted octanol–water partition coefficient (Wildman–Crippen LogP) is 3.86. The summed E-state index contributed by atoms with van der Waals surface area (Å²) in [6.45, 7) is -0.431. The van der Waals surface area contributed by atoms with Crippen molar-refractivity contribution in [2.45, 2.75) is 37.3 Å². The van der Waals surface area contributed by atoms with E-state index in [4.69, 9.17) is 0 Å². The molecule has 0 spiro atoms. The van der Waals surface area contributed by atoms with E-state index in [-0.39, 0.29) is 0 Å². The molecular weight excluding hydrogens is 243 g/mol. The van der Waals surface area contributed by atoms with Gasteiger partial charge < -0.3 is 0 Å². The summed E-state index contributed by atoms with van der Waals surface area (Å²) in [5.41, 5.74) is 0. The molecule has 0 bridgehead atoms. The summed E-state index contributed by atoms with van der Waals surface area (Å²) >= 11 is 0. The summed E-state index contributed by atoms with van der Waals surface area (Å²) in [6, 6.07) is 0. The third-order valence-electron chi connectivity index (χ3n) is 1.50. The lowest BCUT2D eigenvalue weighted by molar-refractivity contribution is -0.318. The van der Waals surface area contributed by atoms with Gasteiger partial charge in [0.05, 0.1) is 6.42 Å². The summed E-state index contributed by atoms with van der Waals surface area (Å²) in [5, 5.41) is 0. The molecule has 9 heteroatoms. The van der Waals surface area contributed by atoms with E-state index < -0.39 is 37.3 Å². The Morgan fingerprint density at radius 1 is 0.667 bits per heavy atom. The van der Waals surface area contributed by atoms with E-state index in [2.05, 4.69) is 0 Å². The van der Waals surface area contributed by atoms with Crippen LogP contribution in [0.5, 0.6) is 0 Å². The lowest BCUT2D eigenvalue weighted by atomic mass is 10.0. The fourth-order valence-corrected chi connectivity index (χ4v) is 0.534. The van der Waals surface area contributed by atoms with E-state index in [9.17, 15) is 39.5 Å². The molecule has 0 aromatic heterocycles. The van der Waals surface area contributed by atoms with Gasteiger partial charge in [-0.2, -0.15) is 30.7 Å². The monoisotopic (exact) mass is 248 g/mol. The fourth-order valence-electron chi connectivity index (χ4n) is 0.534. The topological polar surface area (TPSA) is 0 Å². The van der Waals surface area contributed by atoms with Crippen LogP contribution in [0.4, 0.5) is 39.5 Å². The molecule has 0 heterocycles. The van der Waals surface area contributed by atoms with Crippen LogP contribution in [0.15, 0.2) is 0 Å². The molecule has 0 aliphatic rings. The molecule has 0 saturated carbocycles. The first-order chi connectivity index (χ1) is 6.21. The third-order valence-corrected chi connectivity index (χ3v) is 1.50. The summed E-state index contributed by atoms with van der Waals surface area (Å²) in [6.07, 6.45) is -9.55. The molecule has 0 aliphatic heterocycles. The van der Waals surface area contributed by atoms with Crippen molar-refractivity contribution in [2.24, 2.45) is 0 Å². The number of alkyl halides is 9. The first-order valence-electron chi connectivity index (χ1n) is 3.41. The minimum Gasteiger partial charge on any atom is -0.200 e. The maximum Gasteiger partial charge on any atom is 0.453 e. The minimum atomic E-state index is -6.28. The van der Waals surface area contributed by atoms with Gasteiger partial charge in [-0.25, -0.2) is 8.78 Å². The zero-order valence-electron chi connectivity index (χ0n) is 7.11. The standard InChI is InChI=1S/C6H5F9/c1-3(7,8)4(9,10)2-5(11,12)6(13,14)15/h2H2,1H3. The molecule has 0 fully saturated rings. The van der Waals surface area contributed by atoms with E-state index in [1.807, 2.05) is 0 Å². The molecule has 0 aliphatic carbocycles. The van der Waals surface area contributed by atoms with Crippen molar-refractivity contribution in [1.82, 2.24) is 0 Å². The van der Waals surface area contributed by atoms with Crippen molar-refractivity contribution in [2.75, 3.05) is 0 Å². The quantitative estimate of drug-likeness (QED) is 0.665. The Balaban J connectivity index is 4.89. The lowest BCUT2D eigenvalue weighted by Gasteiger charge is -2.28. The van der Waals surface area contributed by atoms with E-state index >= 15 is 0 Å². The average molecular weight is 248 g/mol. The summed E-state index contributed by atoms with van der Waals surface area (Å²) in [7, 11) is 0. The van der Waals surface area contributed by atoms with Crippen molar-refractivity contribution < 1.29 is 39.5 Å². The van der Waals surface area contributed by atoms with Gasteiger partial charge in [-0.15, -0.1) is 0 Å². The molecule has 15 heavy (non-hydrogen) atoms. The molecule has 0 rings (SSSR count). The van der Waals surface area contributed by atoms with Gasteiger partial charge in [0.15, 0.2) is 0 Å². The Morgan fingerprint density at radius 3 is 1.20 bits per heavy atom. The Labute approximate surface area is 78.1 Å². The number of hydrogen-bond donors (Lipinski definition) is 0. The first-order valence-corrected chi connectivity index (χ1v) is 3.41. The number of halogens is 9. The second-order valence-electron chi connectivity index (χ2n) is 2.97. The van der Waals surface area contributed by atoms with Crippen molar-refractivity contribution in [1.29, 1.82) is 0 Å². The highest BCUT2D eigenvalue weighted by Gasteiger charge is 2.66. The van der Waals surface area contributed by atoms with E-state index in [0.717, 1.165) is 0 Å².